The fourth-order valence-corrected chi connectivity index (χ4v) is 5.66. The van der Waals surface area contributed by atoms with Crippen molar-refractivity contribution in [2.75, 3.05) is 19.8 Å². The summed E-state index contributed by atoms with van der Waals surface area (Å²) in [6, 6.07) is 22.6. The summed E-state index contributed by atoms with van der Waals surface area (Å²) < 4.78 is 18.3. The molecule has 1 aliphatic heterocycles. The maximum Gasteiger partial charge on any atom is 0.341 e. The first kappa shape index (κ1) is 28.6. The zero-order chi connectivity index (χ0) is 29.6. The summed E-state index contributed by atoms with van der Waals surface area (Å²) in [6.07, 6.45) is 1.70. The Hall–Kier alpha value is -4.96. The molecule has 0 bridgehead atoms. The third-order valence-corrected chi connectivity index (χ3v) is 7.38. The molecule has 0 amide bonds. The molecule has 5 rings (SSSR count). The molecule has 9 nitrogen and oxygen atoms in total. The first-order valence-electron chi connectivity index (χ1n) is 13.4. The summed E-state index contributed by atoms with van der Waals surface area (Å²) in [5.41, 5.74) is 2.43. The first-order chi connectivity index (χ1) is 20.4. The Kier molecular flexibility index (Phi) is 8.63. The smallest absolute Gasteiger partial charge is 0.341 e. The Balaban J connectivity index is 1.73. The van der Waals surface area contributed by atoms with E-state index in [4.69, 9.17) is 24.3 Å². The highest BCUT2D eigenvalue weighted by molar-refractivity contribution is 7.07. The molecule has 214 valence electrons. The number of hydrogen-bond donors (Lipinski definition) is 1. The van der Waals surface area contributed by atoms with E-state index in [2.05, 4.69) is 0 Å². The van der Waals surface area contributed by atoms with Gasteiger partial charge in [0.15, 0.2) is 11.4 Å². The fraction of sp³-hybridized carbons (Fsp3) is 0.188. The van der Waals surface area contributed by atoms with Gasteiger partial charge in [-0.25, -0.2) is 14.6 Å². The summed E-state index contributed by atoms with van der Waals surface area (Å²) in [7, 11) is 0. The third-order valence-electron chi connectivity index (χ3n) is 6.40. The molecule has 0 saturated heterocycles. The number of benzene rings is 3. The molecular weight excluding hydrogens is 556 g/mol. The lowest BCUT2D eigenvalue weighted by atomic mass is 9.93. The Labute approximate surface area is 245 Å². The maximum atomic E-state index is 14.0. The van der Waals surface area contributed by atoms with Crippen molar-refractivity contribution in [1.29, 1.82) is 0 Å². The zero-order valence-corrected chi connectivity index (χ0v) is 23.8. The Bertz CT molecular complexity index is 1820. The van der Waals surface area contributed by atoms with Gasteiger partial charge in [0.05, 0.1) is 35.1 Å². The van der Waals surface area contributed by atoms with Crippen molar-refractivity contribution >= 4 is 35.0 Å². The second-order valence-electron chi connectivity index (χ2n) is 9.19. The molecule has 1 atom stereocenters. The molecule has 0 fully saturated rings. The van der Waals surface area contributed by atoms with E-state index in [-0.39, 0.29) is 17.7 Å². The van der Waals surface area contributed by atoms with E-state index in [0.717, 1.165) is 5.56 Å². The van der Waals surface area contributed by atoms with Gasteiger partial charge in [-0.15, -0.1) is 0 Å². The van der Waals surface area contributed by atoms with Gasteiger partial charge >= 0.3 is 11.9 Å². The van der Waals surface area contributed by atoms with E-state index in [1.807, 2.05) is 61.5 Å². The molecule has 0 aliphatic carbocycles. The highest BCUT2D eigenvalue weighted by Gasteiger charge is 2.35. The Morgan fingerprint density at radius 1 is 0.952 bits per heavy atom. The molecule has 4 aromatic rings. The number of carbonyl (C=O) groups excluding carboxylic acids is 1. The fourth-order valence-electron chi connectivity index (χ4n) is 4.66. The van der Waals surface area contributed by atoms with E-state index >= 15 is 0 Å². The molecule has 0 spiro atoms. The highest BCUT2D eigenvalue weighted by atomic mass is 32.1. The van der Waals surface area contributed by atoms with Crippen molar-refractivity contribution in [3.05, 3.63) is 121 Å². The molecule has 1 unspecified atom stereocenters. The van der Waals surface area contributed by atoms with Gasteiger partial charge in [-0.1, -0.05) is 65.9 Å². The van der Waals surface area contributed by atoms with Gasteiger partial charge in [0.2, 0.25) is 0 Å². The third kappa shape index (κ3) is 6.03. The quantitative estimate of drug-likeness (QED) is 0.282. The topological polar surface area (TPSA) is 116 Å². The second kappa shape index (κ2) is 12.7. The molecule has 10 heteroatoms. The Morgan fingerprint density at radius 2 is 1.71 bits per heavy atom. The van der Waals surface area contributed by atoms with Gasteiger partial charge in [0, 0.05) is 5.56 Å². The SMILES string of the molecule is CCOC(=O)C1=C(c2ccccc2)N=c2s/c(=C/c3cccc(OCC(=O)O)c3)c(=O)n2C1c1ccc(OCC)cc1. The molecule has 3 aromatic carbocycles. The van der Waals surface area contributed by atoms with Gasteiger partial charge < -0.3 is 19.3 Å². The summed E-state index contributed by atoms with van der Waals surface area (Å²) in [5.74, 6) is -0.614. The number of carbonyl (C=O) groups is 2. The minimum Gasteiger partial charge on any atom is -0.494 e. The lowest BCUT2D eigenvalue weighted by molar-refractivity contribution is -0.140. The van der Waals surface area contributed by atoms with Crippen LogP contribution in [0.1, 0.15) is 36.6 Å². The van der Waals surface area contributed by atoms with Crippen LogP contribution in [0.25, 0.3) is 11.8 Å². The summed E-state index contributed by atoms with van der Waals surface area (Å²) in [4.78, 5) is 43.8. The average molecular weight is 585 g/mol. The lowest BCUT2D eigenvalue weighted by Gasteiger charge is -2.26. The molecular formula is C32H28N2O7S. The van der Waals surface area contributed by atoms with Crippen molar-refractivity contribution in [2.24, 2.45) is 4.99 Å². The molecule has 42 heavy (non-hydrogen) atoms. The summed E-state index contributed by atoms with van der Waals surface area (Å²) in [5, 5.41) is 8.94. The van der Waals surface area contributed by atoms with Gasteiger partial charge in [0.25, 0.3) is 5.56 Å². The number of esters is 1. The first-order valence-corrected chi connectivity index (χ1v) is 14.2. The number of hydrogen-bond acceptors (Lipinski definition) is 8. The normalized spacial score (nSPS) is 14.6. The molecule has 1 aromatic heterocycles. The highest BCUT2D eigenvalue weighted by Crippen LogP contribution is 2.35. The molecule has 0 saturated carbocycles. The van der Waals surface area contributed by atoms with Crippen LogP contribution in [0.4, 0.5) is 0 Å². The summed E-state index contributed by atoms with van der Waals surface area (Å²) >= 11 is 1.20. The lowest BCUT2D eigenvalue weighted by Crippen LogP contribution is -2.40. The average Bonchev–Trinajstić information content (AvgIpc) is 3.30. The predicted molar refractivity (Wildman–Crippen MR) is 158 cm³/mol. The number of ether oxygens (including phenoxy) is 3. The number of nitrogens with zero attached hydrogens (tertiary/aromatic N) is 2. The maximum absolute atomic E-state index is 14.0. The molecule has 1 N–H and O–H groups in total. The van der Waals surface area contributed by atoms with Crippen LogP contribution in [0, 0.1) is 0 Å². The van der Waals surface area contributed by atoms with Crippen LogP contribution in [0.3, 0.4) is 0 Å². The molecule has 1 aliphatic rings. The standard InChI is InChI=1S/C32H28N2O7S/c1-3-39-23-15-13-22(14-16-23)29-27(31(38)40-4-2)28(21-10-6-5-7-11-21)33-32-34(29)30(37)25(42-32)18-20-9-8-12-24(17-20)41-19-26(35)36/h5-18,29H,3-4,19H2,1-2H3,(H,35,36)/b25-18+. The zero-order valence-electron chi connectivity index (χ0n) is 23.0. The largest absolute Gasteiger partial charge is 0.494 e. The van der Waals surface area contributed by atoms with Crippen LogP contribution >= 0.6 is 11.3 Å². The van der Waals surface area contributed by atoms with Gasteiger partial charge in [-0.05, 0) is 55.3 Å². The van der Waals surface area contributed by atoms with Crippen LogP contribution < -0.4 is 24.4 Å². The van der Waals surface area contributed by atoms with Gasteiger partial charge in [-0.2, -0.15) is 0 Å². The van der Waals surface area contributed by atoms with E-state index in [0.29, 0.717) is 44.3 Å². The van der Waals surface area contributed by atoms with Crippen molar-refractivity contribution in [3.8, 4) is 11.5 Å². The van der Waals surface area contributed by atoms with Crippen LogP contribution in [-0.2, 0) is 14.3 Å². The van der Waals surface area contributed by atoms with E-state index in [1.54, 1.807) is 37.3 Å². The van der Waals surface area contributed by atoms with E-state index in [9.17, 15) is 14.4 Å². The van der Waals surface area contributed by atoms with Gasteiger partial charge in [0.1, 0.15) is 11.5 Å². The van der Waals surface area contributed by atoms with Crippen LogP contribution in [0.2, 0.25) is 0 Å². The molecule has 2 heterocycles. The van der Waals surface area contributed by atoms with Crippen molar-refractivity contribution < 1.29 is 28.9 Å². The number of carboxylic acids is 1. The van der Waals surface area contributed by atoms with Crippen molar-refractivity contribution in [3.63, 3.8) is 0 Å². The minimum atomic E-state index is -1.09. The van der Waals surface area contributed by atoms with Gasteiger partial charge in [-0.3, -0.25) is 9.36 Å². The molecule has 0 radical (unpaired) electrons. The summed E-state index contributed by atoms with van der Waals surface area (Å²) in [6.45, 7) is 3.81. The number of carboxylic acid groups (broad SMARTS) is 1. The van der Waals surface area contributed by atoms with E-state index < -0.39 is 24.6 Å². The number of aromatic nitrogens is 1. The minimum absolute atomic E-state index is 0.158. The van der Waals surface area contributed by atoms with Crippen molar-refractivity contribution in [1.82, 2.24) is 4.57 Å². The van der Waals surface area contributed by atoms with E-state index in [1.165, 1.54) is 15.9 Å². The van der Waals surface area contributed by atoms with Crippen LogP contribution in [-0.4, -0.2) is 41.4 Å². The predicted octanol–water partition coefficient (Wildman–Crippen LogP) is 3.80. The number of thiazole rings is 1. The van der Waals surface area contributed by atoms with Crippen LogP contribution in [0.5, 0.6) is 11.5 Å². The Morgan fingerprint density at radius 3 is 2.40 bits per heavy atom. The second-order valence-corrected chi connectivity index (χ2v) is 10.2. The number of fused-ring (bicyclic) bond motifs is 1. The number of rotatable bonds is 10. The number of aliphatic carboxylic acids is 1. The van der Waals surface area contributed by atoms with Crippen LogP contribution in [0.15, 0.2) is 94.2 Å². The van der Waals surface area contributed by atoms with Crippen molar-refractivity contribution in [2.45, 2.75) is 19.9 Å². The monoisotopic (exact) mass is 584 g/mol.